The van der Waals surface area contributed by atoms with Crippen LogP contribution in [0.5, 0.6) is 5.75 Å². The Hall–Kier alpha value is -6.22. The highest BCUT2D eigenvalue weighted by Crippen LogP contribution is 2.50. The van der Waals surface area contributed by atoms with Crippen LogP contribution in [0.25, 0.3) is 86.4 Å². The van der Waals surface area contributed by atoms with Crippen molar-refractivity contribution < 1.29 is 4.74 Å². The smallest absolute Gasteiger partial charge is 0.132 e. The van der Waals surface area contributed by atoms with Crippen molar-refractivity contribution in [1.29, 1.82) is 0 Å². The fraction of sp³-hybridized carbons (Fsp3) is 0.0769. The molecule has 2 aliphatic rings. The molecule has 54 heavy (non-hydrogen) atoms. The molecule has 1 aliphatic carbocycles. The molecule has 1 nitrogen and oxygen atoms in total. The first-order valence-corrected chi connectivity index (χ1v) is 19.6. The van der Waals surface area contributed by atoms with Gasteiger partial charge in [0.2, 0.25) is 0 Å². The van der Waals surface area contributed by atoms with Crippen LogP contribution in [0.1, 0.15) is 35.1 Å². The average Bonchev–Trinajstić information content (AvgIpc) is 3.79. The molecule has 2 heterocycles. The van der Waals surface area contributed by atoms with Gasteiger partial charge in [-0.05, 0) is 104 Å². The molecule has 2 unspecified atom stereocenters. The monoisotopic (exact) mass is 708 g/mol. The average molecular weight is 709 g/mol. The highest BCUT2D eigenvalue weighted by atomic mass is 32.1. The van der Waals surface area contributed by atoms with E-state index in [1.54, 1.807) is 0 Å². The molecule has 0 N–H and O–H groups in total. The lowest BCUT2D eigenvalue weighted by molar-refractivity contribution is 0.271. The number of rotatable bonds is 4. The Labute approximate surface area is 318 Å². The van der Waals surface area contributed by atoms with Crippen molar-refractivity contribution in [1.82, 2.24) is 0 Å². The van der Waals surface area contributed by atoms with Gasteiger partial charge in [-0.2, -0.15) is 0 Å². The van der Waals surface area contributed by atoms with Crippen molar-refractivity contribution >= 4 is 75.5 Å². The lowest BCUT2D eigenvalue weighted by atomic mass is 9.85. The van der Waals surface area contributed by atoms with Crippen LogP contribution < -0.4 is 4.74 Å². The summed E-state index contributed by atoms with van der Waals surface area (Å²) in [6.45, 7) is 4.51. The summed E-state index contributed by atoms with van der Waals surface area (Å²) in [6.07, 6.45) is 11.2. The second-order valence-electron chi connectivity index (χ2n) is 14.8. The zero-order valence-corrected chi connectivity index (χ0v) is 31.0. The SMILES string of the molecule is C/C(=C\c1ccc(-c2ccc3c(c2)sc2ccc4ccc5c(c4c23)OC2C=CC=CC52)cc1C)c1c2ccccc2c(-c2ccccc2)c2ccccc12. The lowest BCUT2D eigenvalue weighted by Gasteiger charge is -2.18. The Morgan fingerprint density at radius 3 is 2.06 bits per heavy atom. The van der Waals surface area contributed by atoms with E-state index in [1.807, 2.05) is 11.3 Å². The highest BCUT2D eigenvalue weighted by Gasteiger charge is 2.34. The summed E-state index contributed by atoms with van der Waals surface area (Å²) in [5, 5.41) is 10.2. The van der Waals surface area contributed by atoms with Gasteiger partial charge in [0.05, 0.1) is 0 Å². The standard InChI is InChI=1S/C52H36OS/c1-31-28-36(37-23-26-44-47(30-37)54-46-27-24-34-22-25-43-38-14-10-11-19-45(38)53-52(43)50(34)51(44)46)21-20-35(31)29-32(2)48-39-15-6-8-17-41(39)49(33-12-4-3-5-13-33)42-18-9-7-16-40(42)48/h3-30,38,45H,1-2H3/b32-29+. The maximum absolute atomic E-state index is 6.65. The normalized spacial score (nSPS) is 16.4. The predicted octanol–water partition coefficient (Wildman–Crippen LogP) is 14.7. The Morgan fingerprint density at radius 1 is 0.593 bits per heavy atom. The van der Waals surface area contributed by atoms with Crippen LogP contribution in [0, 0.1) is 6.92 Å². The van der Waals surface area contributed by atoms with Crippen LogP contribution >= 0.6 is 11.3 Å². The van der Waals surface area contributed by atoms with Gasteiger partial charge < -0.3 is 4.74 Å². The first kappa shape index (κ1) is 31.3. The van der Waals surface area contributed by atoms with Crippen molar-refractivity contribution in [2.24, 2.45) is 0 Å². The second-order valence-corrected chi connectivity index (χ2v) is 15.9. The van der Waals surface area contributed by atoms with Gasteiger partial charge in [0.15, 0.2) is 0 Å². The summed E-state index contributed by atoms with van der Waals surface area (Å²) in [4.78, 5) is 0. The van der Waals surface area contributed by atoms with Crippen molar-refractivity contribution in [2.75, 3.05) is 0 Å². The zero-order chi connectivity index (χ0) is 35.9. The van der Waals surface area contributed by atoms with E-state index in [2.05, 4.69) is 184 Å². The molecule has 0 spiro atoms. The van der Waals surface area contributed by atoms with Gasteiger partial charge >= 0.3 is 0 Å². The van der Waals surface area contributed by atoms with Crippen LogP contribution in [-0.2, 0) is 0 Å². The Kier molecular flexibility index (Phi) is 7.05. The number of fused-ring (bicyclic) bond motifs is 11. The third kappa shape index (κ3) is 4.77. The maximum Gasteiger partial charge on any atom is 0.132 e. The van der Waals surface area contributed by atoms with Crippen LogP contribution in [0.3, 0.4) is 0 Å². The first-order chi connectivity index (χ1) is 26.6. The second kappa shape index (κ2) is 12.2. The lowest BCUT2D eigenvalue weighted by Crippen LogP contribution is -2.15. The molecule has 8 aromatic carbocycles. The quantitative estimate of drug-likeness (QED) is 0.131. The summed E-state index contributed by atoms with van der Waals surface area (Å²) in [6, 6.07) is 51.6. The Bertz CT molecular complexity index is 3040. The van der Waals surface area contributed by atoms with Crippen molar-refractivity contribution in [3.63, 3.8) is 0 Å². The van der Waals surface area contributed by atoms with Gasteiger partial charge in [-0.1, -0.05) is 152 Å². The van der Waals surface area contributed by atoms with Crippen LogP contribution in [-0.4, -0.2) is 6.10 Å². The van der Waals surface area contributed by atoms with Gasteiger partial charge in [0, 0.05) is 37.0 Å². The van der Waals surface area contributed by atoms with E-state index in [9.17, 15) is 0 Å². The van der Waals surface area contributed by atoms with Crippen molar-refractivity contribution in [2.45, 2.75) is 25.9 Å². The summed E-state index contributed by atoms with van der Waals surface area (Å²) >= 11 is 1.88. The molecule has 2 atom stereocenters. The van der Waals surface area contributed by atoms with E-state index < -0.39 is 0 Å². The van der Waals surface area contributed by atoms with Gasteiger partial charge in [-0.25, -0.2) is 0 Å². The molecular weight excluding hydrogens is 673 g/mol. The van der Waals surface area contributed by atoms with E-state index in [0.29, 0.717) is 0 Å². The first-order valence-electron chi connectivity index (χ1n) is 18.8. The number of allylic oxidation sites excluding steroid dienone is 3. The predicted molar refractivity (Wildman–Crippen MR) is 233 cm³/mol. The molecule has 11 rings (SSSR count). The fourth-order valence-corrected chi connectivity index (χ4v) is 10.3. The van der Waals surface area contributed by atoms with Gasteiger partial charge in [0.1, 0.15) is 11.9 Å². The third-order valence-electron chi connectivity index (χ3n) is 11.7. The Balaban J connectivity index is 0.993. The number of aryl methyl sites for hydroxylation is 1. The molecule has 1 aromatic heterocycles. The van der Waals surface area contributed by atoms with Crippen molar-refractivity contribution in [3.05, 3.63) is 186 Å². The molecular formula is C52H36OS. The van der Waals surface area contributed by atoms with Gasteiger partial charge in [-0.3, -0.25) is 0 Å². The molecule has 0 saturated heterocycles. The minimum absolute atomic E-state index is 0.0751. The van der Waals surface area contributed by atoms with Crippen LogP contribution in [0.4, 0.5) is 0 Å². The number of thiophene rings is 1. The van der Waals surface area contributed by atoms with E-state index in [0.717, 1.165) is 5.75 Å². The molecule has 0 fully saturated rings. The number of hydrogen-bond acceptors (Lipinski definition) is 2. The number of ether oxygens (including phenoxy) is 1. The molecule has 0 radical (unpaired) electrons. The summed E-state index contributed by atoms with van der Waals surface area (Å²) in [5.41, 5.74) is 11.4. The third-order valence-corrected chi connectivity index (χ3v) is 12.8. The largest absolute Gasteiger partial charge is 0.484 e. The highest BCUT2D eigenvalue weighted by molar-refractivity contribution is 7.26. The summed E-state index contributed by atoms with van der Waals surface area (Å²) in [5.74, 6) is 1.33. The van der Waals surface area contributed by atoms with Gasteiger partial charge in [0.25, 0.3) is 0 Å². The van der Waals surface area contributed by atoms with E-state index in [-0.39, 0.29) is 12.0 Å². The van der Waals surface area contributed by atoms with E-state index in [4.69, 9.17) is 4.74 Å². The number of benzene rings is 8. The minimum atomic E-state index is 0.0751. The zero-order valence-electron chi connectivity index (χ0n) is 30.1. The molecule has 0 amide bonds. The molecule has 256 valence electrons. The molecule has 2 heteroatoms. The Morgan fingerprint density at radius 2 is 1.28 bits per heavy atom. The summed E-state index contributed by atoms with van der Waals surface area (Å²) in [7, 11) is 0. The summed E-state index contributed by atoms with van der Waals surface area (Å²) < 4.78 is 9.26. The van der Waals surface area contributed by atoms with E-state index in [1.165, 1.54) is 103 Å². The number of hydrogen-bond donors (Lipinski definition) is 0. The van der Waals surface area contributed by atoms with Crippen molar-refractivity contribution in [3.8, 4) is 28.0 Å². The minimum Gasteiger partial charge on any atom is -0.484 e. The molecule has 1 aliphatic heterocycles. The van der Waals surface area contributed by atoms with E-state index >= 15 is 0 Å². The molecule has 0 bridgehead atoms. The van der Waals surface area contributed by atoms with Crippen LogP contribution in [0.2, 0.25) is 0 Å². The molecule has 0 saturated carbocycles. The fourth-order valence-electron chi connectivity index (χ4n) is 9.14. The maximum atomic E-state index is 6.65. The molecule has 9 aromatic rings. The topological polar surface area (TPSA) is 9.23 Å². The van der Waals surface area contributed by atoms with Crippen LogP contribution in [0.15, 0.2) is 164 Å². The van der Waals surface area contributed by atoms with Gasteiger partial charge in [-0.15, -0.1) is 11.3 Å².